The summed E-state index contributed by atoms with van der Waals surface area (Å²) in [7, 11) is 0. The zero-order valence-corrected chi connectivity index (χ0v) is 10.9. The number of hydrogen-bond acceptors (Lipinski definition) is 0. The van der Waals surface area contributed by atoms with Crippen LogP contribution in [-0.2, 0) is 0 Å². The summed E-state index contributed by atoms with van der Waals surface area (Å²) in [5.74, 6) is -1.87. The normalized spacial score (nSPS) is 22.0. The smallest absolute Gasteiger partial charge is 0.171 e. The fraction of sp³-hybridized carbons (Fsp3) is 0.833. The van der Waals surface area contributed by atoms with E-state index in [2.05, 4.69) is 6.58 Å². The van der Waals surface area contributed by atoms with E-state index in [-0.39, 0.29) is 17.2 Å². The third kappa shape index (κ3) is 4.00. The zero-order valence-electron chi connectivity index (χ0n) is 10.2. The summed E-state index contributed by atoms with van der Waals surface area (Å²) in [6.07, 6.45) is -2.56. The van der Waals surface area contributed by atoms with Crippen molar-refractivity contribution in [3.63, 3.8) is 0 Å². The van der Waals surface area contributed by atoms with Gasteiger partial charge in [0, 0.05) is 0 Å². The first-order valence-electron chi connectivity index (χ1n) is 5.46. The van der Waals surface area contributed by atoms with Gasteiger partial charge in [-0.05, 0) is 17.8 Å². The maximum absolute atomic E-state index is 12.6. The van der Waals surface area contributed by atoms with Gasteiger partial charge < -0.3 is 0 Å². The molecule has 0 spiro atoms. The molecule has 0 aliphatic carbocycles. The molecule has 0 rings (SSSR count). The van der Waals surface area contributed by atoms with Crippen molar-refractivity contribution in [1.82, 2.24) is 0 Å². The first kappa shape index (κ1) is 15.8. The molecule has 0 bridgehead atoms. The first-order valence-corrected chi connectivity index (χ1v) is 5.89. The molecule has 0 radical (unpaired) electrons. The quantitative estimate of drug-likeness (QED) is 0.485. The van der Waals surface area contributed by atoms with Crippen molar-refractivity contribution in [2.75, 3.05) is 0 Å². The zero-order chi connectivity index (χ0) is 13.1. The fourth-order valence-corrected chi connectivity index (χ4v) is 1.97. The maximum atomic E-state index is 12.6. The Bertz CT molecular complexity index is 225. The number of halogens is 4. The second-order valence-electron chi connectivity index (χ2n) is 4.59. The summed E-state index contributed by atoms with van der Waals surface area (Å²) in [4.78, 5) is 0. The van der Waals surface area contributed by atoms with E-state index >= 15 is 0 Å². The molecule has 5 atom stereocenters. The minimum Gasteiger partial charge on any atom is -0.171 e. The Morgan fingerprint density at radius 3 is 1.75 bits per heavy atom. The van der Waals surface area contributed by atoms with Gasteiger partial charge in [-0.3, -0.25) is 0 Å². The average Bonchev–Trinajstić information content (AvgIpc) is 2.22. The summed E-state index contributed by atoms with van der Waals surface area (Å²) >= 11 is 5.97. The Kier molecular flexibility index (Phi) is 5.88. The molecular formula is C12H20ClF3. The molecule has 0 aliphatic rings. The molecule has 0 N–H and O–H groups in total. The third-order valence-electron chi connectivity index (χ3n) is 3.69. The molecule has 4 heteroatoms. The lowest BCUT2D eigenvalue weighted by Crippen LogP contribution is -2.34. The summed E-state index contributed by atoms with van der Waals surface area (Å²) in [5.41, 5.74) is 0. The molecule has 0 saturated heterocycles. The van der Waals surface area contributed by atoms with Gasteiger partial charge in [0.1, 0.15) is 0 Å². The van der Waals surface area contributed by atoms with E-state index in [1.807, 2.05) is 13.8 Å². The van der Waals surface area contributed by atoms with Crippen molar-refractivity contribution in [2.45, 2.75) is 39.2 Å². The van der Waals surface area contributed by atoms with E-state index in [4.69, 9.17) is 11.6 Å². The first-order chi connectivity index (χ1) is 7.12. The molecule has 0 aromatic carbocycles. The second-order valence-corrected chi connectivity index (χ2v) is 5.09. The number of alkyl halides is 4. The van der Waals surface area contributed by atoms with Crippen molar-refractivity contribution >= 4 is 11.6 Å². The SMILES string of the molecule is C=CC(Cl)[C@H](C)[C@@H](C)[C@H](C)[C@H](C)C(F)(F)F. The Balaban J connectivity index is 4.60. The van der Waals surface area contributed by atoms with Gasteiger partial charge in [0.05, 0.1) is 11.3 Å². The maximum Gasteiger partial charge on any atom is 0.391 e. The highest BCUT2D eigenvalue weighted by Crippen LogP contribution is 2.38. The van der Waals surface area contributed by atoms with Crippen molar-refractivity contribution in [1.29, 1.82) is 0 Å². The van der Waals surface area contributed by atoms with Gasteiger partial charge in [-0.25, -0.2) is 0 Å². The summed E-state index contributed by atoms with van der Waals surface area (Å²) in [5, 5.41) is -0.280. The van der Waals surface area contributed by atoms with Crippen LogP contribution in [0.2, 0.25) is 0 Å². The molecule has 16 heavy (non-hydrogen) atoms. The van der Waals surface area contributed by atoms with E-state index in [0.29, 0.717) is 0 Å². The van der Waals surface area contributed by atoms with E-state index in [9.17, 15) is 13.2 Å². The monoisotopic (exact) mass is 256 g/mol. The number of hydrogen-bond donors (Lipinski definition) is 0. The van der Waals surface area contributed by atoms with Gasteiger partial charge in [0.25, 0.3) is 0 Å². The van der Waals surface area contributed by atoms with Crippen LogP contribution in [0, 0.1) is 23.7 Å². The van der Waals surface area contributed by atoms with Crippen LogP contribution < -0.4 is 0 Å². The lowest BCUT2D eigenvalue weighted by atomic mass is 9.77. The van der Waals surface area contributed by atoms with Crippen molar-refractivity contribution in [2.24, 2.45) is 23.7 Å². The topological polar surface area (TPSA) is 0 Å². The molecule has 96 valence electrons. The van der Waals surface area contributed by atoms with Crippen LogP contribution in [0.5, 0.6) is 0 Å². The Morgan fingerprint density at radius 2 is 1.44 bits per heavy atom. The van der Waals surface area contributed by atoms with Crippen molar-refractivity contribution in [3.8, 4) is 0 Å². The van der Waals surface area contributed by atoms with Gasteiger partial charge in [-0.1, -0.05) is 33.8 Å². The predicted molar refractivity (Wildman–Crippen MR) is 62.5 cm³/mol. The standard InChI is InChI=1S/C12H20ClF3/c1-6-11(13)9(4)7(2)8(3)10(5)12(14,15)16/h6-11H,1H2,2-5H3/t7-,8-,9+,10-,11?/m0/s1. The van der Waals surface area contributed by atoms with Gasteiger partial charge in [-0.2, -0.15) is 13.2 Å². The van der Waals surface area contributed by atoms with Crippen LogP contribution in [0.15, 0.2) is 12.7 Å². The van der Waals surface area contributed by atoms with E-state index in [1.165, 1.54) is 6.92 Å². The molecule has 0 saturated carbocycles. The molecule has 0 heterocycles. The second kappa shape index (κ2) is 5.95. The Hall–Kier alpha value is -0.180. The van der Waals surface area contributed by atoms with E-state index < -0.39 is 18.0 Å². The lowest BCUT2D eigenvalue weighted by molar-refractivity contribution is -0.187. The number of rotatable bonds is 5. The molecule has 1 unspecified atom stereocenters. The molecular weight excluding hydrogens is 237 g/mol. The van der Waals surface area contributed by atoms with Crippen LogP contribution in [0.25, 0.3) is 0 Å². The highest BCUT2D eigenvalue weighted by molar-refractivity contribution is 6.21. The minimum absolute atomic E-state index is 0.0148. The van der Waals surface area contributed by atoms with Gasteiger partial charge in [-0.15, -0.1) is 18.2 Å². The van der Waals surface area contributed by atoms with E-state index in [1.54, 1.807) is 13.0 Å². The molecule has 0 amide bonds. The largest absolute Gasteiger partial charge is 0.391 e. The van der Waals surface area contributed by atoms with Gasteiger partial charge in [0.2, 0.25) is 0 Å². The van der Waals surface area contributed by atoms with Crippen LogP contribution >= 0.6 is 11.6 Å². The Labute approximate surface area is 101 Å². The van der Waals surface area contributed by atoms with Gasteiger partial charge in [0.15, 0.2) is 0 Å². The van der Waals surface area contributed by atoms with E-state index in [0.717, 1.165) is 0 Å². The average molecular weight is 257 g/mol. The third-order valence-corrected chi connectivity index (χ3v) is 4.27. The summed E-state index contributed by atoms with van der Waals surface area (Å²) in [6, 6.07) is 0. The van der Waals surface area contributed by atoms with Crippen LogP contribution in [-0.4, -0.2) is 11.6 Å². The fourth-order valence-electron chi connectivity index (χ4n) is 1.74. The highest BCUT2D eigenvalue weighted by Gasteiger charge is 2.42. The highest BCUT2D eigenvalue weighted by atomic mass is 35.5. The summed E-state index contributed by atoms with van der Waals surface area (Å²) < 4.78 is 37.7. The Morgan fingerprint density at radius 1 is 1.00 bits per heavy atom. The van der Waals surface area contributed by atoms with Crippen molar-refractivity contribution in [3.05, 3.63) is 12.7 Å². The lowest BCUT2D eigenvalue weighted by Gasteiger charge is -2.32. The van der Waals surface area contributed by atoms with Crippen LogP contribution in [0.4, 0.5) is 13.2 Å². The molecule has 0 nitrogen and oxygen atoms in total. The van der Waals surface area contributed by atoms with Crippen molar-refractivity contribution < 1.29 is 13.2 Å². The predicted octanol–water partition coefficient (Wildman–Crippen LogP) is 4.89. The number of allylic oxidation sites excluding steroid dienone is 1. The molecule has 0 aromatic rings. The molecule has 0 aromatic heterocycles. The van der Waals surface area contributed by atoms with Gasteiger partial charge >= 0.3 is 6.18 Å². The molecule has 0 aliphatic heterocycles. The molecule has 0 fully saturated rings. The minimum atomic E-state index is -4.14. The van der Waals surface area contributed by atoms with Crippen LogP contribution in [0.1, 0.15) is 27.7 Å². The van der Waals surface area contributed by atoms with Crippen LogP contribution in [0.3, 0.4) is 0 Å². The summed E-state index contributed by atoms with van der Waals surface area (Å²) in [6.45, 7) is 10.1.